The average Bonchev–Trinajstić information content (AvgIpc) is 3.12. The topological polar surface area (TPSA) is 84.2 Å². The number of carbonyl (C=O) groups is 2. The summed E-state index contributed by atoms with van der Waals surface area (Å²) in [5, 5.41) is 6.38. The van der Waals surface area contributed by atoms with Crippen molar-refractivity contribution in [1.82, 2.24) is 10.6 Å². The first-order valence-electron chi connectivity index (χ1n) is 8.96. The zero-order valence-corrected chi connectivity index (χ0v) is 16.9. The summed E-state index contributed by atoms with van der Waals surface area (Å²) in [6.45, 7) is 3.69. The Balaban J connectivity index is 0.00000338. The van der Waals surface area contributed by atoms with Crippen LogP contribution in [0, 0.1) is 11.8 Å². The predicted octanol–water partition coefficient (Wildman–Crippen LogP) is 3.21. The maximum absolute atomic E-state index is 12.4. The second-order valence-corrected chi connectivity index (χ2v) is 7.57. The molecule has 7 heteroatoms. The number of amides is 2. The SMILES string of the molecule is CC(C)[C@H](N)C(=O)NCC(=O)NC(c1ccc(Cl)cc1)C1CCCC1.Cl. The fraction of sp³-hybridized carbons (Fsp3) is 0.579. The van der Waals surface area contributed by atoms with Crippen molar-refractivity contribution in [2.45, 2.75) is 51.6 Å². The Morgan fingerprint density at radius 1 is 1.19 bits per heavy atom. The van der Waals surface area contributed by atoms with Crippen molar-refractivity contribution in [2.75, 3.05) is 6.54 Å². The van der Waals surface area contributed by atoms with Crippen molar-refractivity contribution >= 4 is 35.8 Å². The Hall–Kier alpha value is -1.30. The van der Waals surface area contributed by atoms with E-state index in [-0.39, 0.29) is 42.7 Å². The van der Waals surface area contributed by atoms with E-state index in [4.69, 9.17) is 17.3 Å². The minimum atomic E-state index is -0.602. The number of halogens is 2. The van der Waals surface area contributed by atoms with Crippen LogP contribution in [-0.2, 0) is 9.59 Å². The van der Waals surface area contributed by atoms with Gasteiger partial charge in [-0.05, 0) is 42.4 Å². The molecule has 0 aromatic heterocycles. The van der Waals surface area contributed by atoms with Crippen molar-refractivity contribution in [1.29, 1.82) is 0 Å². The monoisotopic (exact) mass is 401 g/mol. The first-order valence-corrected chi connectivity index (χ1v) is 9.34. The summed E-state index contributed by atoms with van der Waals surface area (Å²) in [5.41, 5.74) is 6.85. The van der Waals surface area contributed by atoms with Crippen LogP contribution in [0.2, 0.25) is 5.02 Å². The van der Waals surface area contributed by atoms with Crippen LogP contribution in [0.25, 0.3) is 0 Å². The van der Waals surface area contributed by atoms with Crippen LogP contribution in [0.3, 0.4) is 0 Å². The van der Waals surface area contributed by atoms with E-state index in [2.05, 4.69) is 10.6 Å². The van der Waals surface area contributed by atoms with Crippen molar-refractivity contribution in [2.24, 2.45) is 17.6 Å². The number of benzene rings is 1. The van der Waals surface area contributed by atoms with E-state index in [0.29, 0.717) is 10.9 Å². The molecule has 146 valence electrons. The normalized spacial score (nSPS) is 16.7. The summed E-state index contributed by atoms with van der Waals surface area (Å²) < 4.78 is 0. The highest BCUT2D eigenvalue weighted by Gasteiger charge is 2.28. The molecule has 4 N–H and O–H groups in total. The third-order valence-corrected chi connectivity index (χ3v) is 5.11. The van der Waals surface area contributed by atoms with Gasteiger partial charge in [0.05, 0.1) is 18.6 Å². The lowest BCUT2D eigenvalue weighted by Gasteiger charge is -2.25. The van der Waals surface area contributed by atoms with Crippen molar-refractivity contribution in [3.8, 4) is 0 Å². The fourth-order valence-corrected chi connectivity index (χ4v) is 3.37. The molecule has 0 spiro atoms. The highest BCUT2D eigenvalue weighted by molar-refractivity contribution is 6.30. The Morgan fingerprint density at radius 3 is 2.31 bits per heavy atom. The number of nitrogens with two attached hydrogens (primary N) is 1. The van der Waals surface area contributed by atoms with Crippen LogP contribution in [0.1, 0.15) is 51.1 Å². The quantitative estimate of drug-likeness (QED) is 0.655. The molecule has 0 bridgehead atoms. The lowest BCUT2D eigenvalue weighted by Crippen LogP contribution is -2.47. The molecule has 5 nitrogen and oxygen atoms in total. The van der Waals surface area contributed by atoms with Crippen molar-refractivity contribution in [3.63, 3.8) is 0 Å². The second kappa shape index (κ2) is 10.8. The summed E-state index contributed by atoms with van der Waals surface area (Å²) >= 11 is 5.97. The first kappa shape index (κ1) is 22.7. The Morgan fingerprint density at radius 2 is 1.77 bits per heavy atom. The van der Waals surface area contributed by atoms with Gasteiger partial charge in [-0.25, -0.2) is 0 Å². The van der Waals surface area contributed by atoms with Gasteiger partial charge < -0.3 is 16.4 Å². The molecule has 2 rings (SSSR count). The zero-order valence-electron chi connectivity index (χ0n) is 15.3. The summed E-state index contributed by atoms with van der Waals surface area (Å²) in [7, 11) is 0. The van der Waals surface area contributed by atoms with Gasteiger partial charge in [-0.3, -0.25) is 9.59 Å². The molecule has 26 heavy (non-hydrogen) atoms. The molecule has 0 saturated heterocycles. The number of carbonyl (C=O) groups excluding carboxylic acids is 2. The van der Waals surface area contributed by atoms with E-state index in [0.717, 1.165) is 18.4 Å². The molecule has 1 aromatic carbocycles. The van der Waals surface area contributed by atoms with E-state index in [9.17, 15) is 9.59 Å². The van der Waals surface area contributed by atoms with Gasteiger partial charge >= 0.3 is 0 Å². The van der Waals surface area contributed by atoms with Crippen molar-refractivity contribution < 1.29 is 9.59 Å². The molecule has 2 atom stereocenters. The Bertz CT molecular complexity index is 587. The smallest absolute Gasteiger partial charge is 0.239 e. The number of hydrogen-bond acceptors (Lipinski definition) is 3. The number of nitrogens with one attached hydrogen (secondary N) is 2. The molecule has 1 aliphatic carbocycles. The average molecular weight is 402 g/mol. The molecular formula is C19H29Cl2N3O2. The van der Waals surface area contributed by atoms with Gasteiger partial charge in [-0.15, -0.1) is 12.4 Å². The molecule has 2 amide bonds. The van der Waals surface area contributed by atoms with E-state index in [1.807, 2.05) is 38.1 Å². The van der Waals surface area contributed by atoms with Gasteiger partial charge in [-0.1, -0.05) is 50.4 Å². The van der Waals surface area contributed by atoms with Crippen molar-refractivity contribution in [3.05, 3.63) is 34.9 Å². The van der Waals surface area contributed by atoms with Crippen LogP contribution >= 0.6 is 24.0 Å². The minimum absolute atomic E-state index is 0. The Labute approximate surface area is 166 Å². The second-order valence-electron chi connectivity index (χ2n) is 7.13. The molecule has 0 radical (unpaired) electrons. The Kier molecular flexibility index (Phi) is 9.41. The molecule has 1 aromatic rings. The summed E-state index contributed by atoms with van der Waals surface area (Å²) in [6, 6.07) is 6.94. The van der Waals surface area contributed by atoms with Gasteiger partial charge in [0.25, 0.3) is 0 Å². The number of rotatable bonds is 7. The standard InChI is InChI=1S/C19H28ClN3O2.ClH/c1-12(2)17(21)19(25)22-11-16(24)23-18(13-5-3-4-6-13)14-7-9-15(20)10-8-14;/h7-10,12-13,17-18H,3-6,11,21H2,1-2H3,(H,22,25)(H,23,24);1H/t17-,18?;/m0./s1. The largest absolute Gasteiger partial charge is 0.347 e. The predicted molar refractivity (Wildman–Crippen MR) is 107 cm³/mol. The van der Waals surface area contributed by atoms with Crippen LogP contribution in [-0.4, -0.2) is 24.4 Å². The molecule has 0 heterocycles. The van der Waals surface area contributed by atoms with Crippen LogP contribution in [0.5, 0.6) is 0 Å². The molecule has 1 unspecified atom stereocenters. The third kappa shape index (κ3) is 6.45. The minimum Gasteiger partial charge on any atom is -0.347 e. The van der Waals surface area contributed by atoms with E-state index >= 15 is 0 Å². The van der Waals surface area contributed by atoms with Crippen LogP contribution in [0.4, 0.5) is 0 Å². The molecule has 1 fully saturated rings. The highest BCUT2D eigenvalue weighted by atomic mass is 35.5. The van der Waals surface area contributed by atoms with E-state index in [1.54, 1.807) is 0 Å². The lowest BCUT2D eigenvalue weighted by atomic mass is 9.91. The molecule has 1 aliphatic rings. The zero-order chi connectivity index (χ0) is 18.4. The maximum atomic E-state index is 12.4. The summed E-state index contributed by atoms with van der Waals surface area (Å²) in [4.78, 5) is 24.3. The summed E-state index contributed by atoms with van der Waals surface area (Å²) in [6.07, 6.45) is 4.56. The van der Waals surface area contributed by atoms with Crippen LogP contribution in [0.15, 0.2) is 24.3 Å². The van der Waals surface area contributed by atoms with Gasteiger partial charge in [0.15, 0.2) is 0 Å². The molecular weight excluding hydrogens is 373 g/mol. The van der Waals surface area contributed by atoms with Gasteiger partial charge in [0, 0.05) is 5.02 Å². The molecule has 1 saturated carbocycles. The van der Waals surface area contributed by atoms with Gasteiger partial charge in [0.1, 0.15) is 0 Å². The lowest BCUT2D eigenvalue weighted by molar-refractivity contribution is -0.127. The summed E-state index contributed by atoms with van der Waals surface area (Å²) in [5.74, 6) is -0.0488. The maximum Gasteiger partial charge on any atom is 0.239 e. The first-order chi connectivity index (χ1) is 11.9. The van der Waals surface area contributed by atoms with Gasteiger partial charge in [0.2, 0.25) is 11.8 Å². The van der Waals surface area contributed by atoms with Crippen LogP contribution < -0.4 is 16.4 Å². The molecule has 0 aliphatic heterocycles. The van der Waals surface area contributed by atoms with Gasteiger partial charge in [-0.2, -0.15) is 0 Å². The fourth-order valence-electron chi connectivity index (χ4n) is 3.25. The van der Waals surface area contributed by atoms with E-state index in [1.165, 1.54) is 12.8 Å². The highest BCUT2D eigenvalue weighted by Crippen LogP contribution is 2.36. The third-order valence-electron chi connectivity index (χ3n) is 4.86. The van der Waals surface area contributed by atoms with E-state index < -0.39 is 6.04 Å². The number of hydrogen-bond donors (Lipinski definition) is 3.